The molecule has 4 aliphatic rings. The molecule has 6 aromatic rings. The van der Waals surface area contributed by atoms with Gasteiger partial charge in [-0.25, -0.2) is 0 Å². The quantitative estimate of drug-likeness (QED) is 0.112. The Hall–Kier alpha value is -5.92. The highest BCUT2D eigenvalue weighted by Crippen LogP contribution is 2.59. The predicted octanol–water partition coefficient (Wildman–Crippen LogP) is 17.4. The number of aryl methyl sites for hydroxylation is 1. The van der Waals surface area contributed by atoms with Gasteiger partial charge >= 0.3 is 0 Å². The molecular weight excluding hydrogens is 783 g/mol. The van der Waals surface area contributed by atoms with Gasteiger partial charge in [0.05, 0.1) is 5.41 Å². The molecule has 1 heteroatoms. The maximum absolute atomic E-state index is 2.63. The van der Waals surface area contributed by atoms with Crippen LogP contribution < -0.4 is 4.90 Å². The lowest BCUT2D eigenvalue weighted by molar-refractivity contribution is 0.427. The van der Waals surface area contributed by atoms with Crippen molar-refractivity contribution in [1.29, 1.82) is 0 Å². The fourth-order valence-corrected chi connectivity index (χ4v) is 12.0. The Labute approximate surface area is 390 Å². The first-order valence-corrected chi connectivity index (χ1v) is 24.8. The molecular formula is C64H67N. The zero-order valence-corrected chi connectivity index (χ0v) is 39.9. The highest BCUT2D eigenvalue weighted by Gasteiger charge is 2.52. The van der Waals surface area contributed by atoms with Gasteiger partial charge in [-0.15, -0.1) is 0 Å². The zero-order chi connectivity index (χ0) is 44.9. The van der Waals surface area contributed by atoms with Crippen molar-refractivity contribution in [2.75, 3.05) is 4.90 Å². The van der Waals surface area contributed by atoms with E-state index in [4.69, 9.17) is 0 Å². The lowest BCUT2D eigenvalue weighted by atomic mass is 9.63. The minimum atomic E-state index is -0.333. The van der Waals surface area contributed by atoms with Gasteiger partial charge in [0.15, 0.2) is 0 Å². The van der Waals surface area contributed by atoms with Crippen molar-refractivity contribution in [2.24, 2.45) is 5.92 Å². The largest absolute Gasteiger partial charge is 0.336 e. The Morgan fingerprint density at radius 3 is 1.71 bits per heavy atom. The van der Waals surface area contributed by atoms with Crippen LogP contribution in [0, 0.1) is 12.8 Å². The van der Waals surface area contributed by atoms with Crippen molar-refractivity contribution >= 4 is 11.4 Å². The predicted molar refractivity (Wildman–Crippen MR) is 278 cm³/mol. The summed E-state index contributed by atoms with van der Waals surface area (Å²) in [6, 6.07) is 54.3. The SMILES string of the molecule is CCC(C)(CC)c1ccc(-c2ccc(C3(c4ccc(-c5ccc(N(c6ccc(C)c(C7C=CC8=C(CC8)C7)c6)C(C)(CC)CC)cc5)cc4)c4ccccc4C4C=CC=CC43)cc2)cc1. The van der Waals surface area contributed by atoms with Crippen molar-refractivity contribution in [2.45, 2.75) is 122 Å². The molecule has 0 amide bonds. The third-order valence-electron chi connectivity index (χ3n) is 17.1. The van der Waals surface area contributed by atoms with Gasteiger partial charge in [-0.2, -0.15) is 0 Å². The smallest absolute Gasteiger partial charge is 0.0525 e. The first kappa shape index (κ1) is 43.0. The van der Waals surface area contributed by atoms with Gasteiger partial charge < -0.3 is 4.90 Å². The summed E-state index contributed by atoms with van der Waals surface area (Å²) in [6.45, 7) is 16.4. The fourth-order valence-electron chi connectivity index (χ4n) is 12.0. The van der Waals surface area contributed by atoms with Gasteiger partial charge in [0.25, 0.3) is 0 Å². The van der Waals surface area contributed by atoms with Crippen LogP contribution in [0.2, 0.25) is 0 Å². The van der Waals surface area contributed by atoms with Gasteiger partial charge in [-0.3, -0.25) is 0 Å². The first-order valence-electron chi connectivity index (χ1n) is 24.8. The Morgan fingerprint density at radius 1 is 0.569 bits per heavy atom. The molecule has 4 unspecified atom stereocenters. The van der Waals surface area contributed by atoms with Crippen LogP contribution in [0.4, 0.5) is 11.4 Å². The molecule has 0 bridgehead atoms. The lowest BCUT2D eigenvalue weighted by Crippen LogP contribution is -2.42. The molecule has 1 nitrogen and oxygen atoms in total. The Bertz CT molecular complexity index is 2800. The highest BCUT2D eigenvalue weighted by molar-refractivity contribution is 5.74. The van der Waals surface area contributed by atoms with E-state index in [1.54, 1.807) is 11.1 Å². The third-order valence-corrected chi connectivity index (χ3v) is 17.1. The molecule has 0 saturated heterocycles. The molecule has 0 heterocycles. The molecule has 0 fully saturated rings. The average molecular weight is 850 g/mol. The van der Waals surface area contributed by atoms with Crippen LogP contribution in [-0.2, 0) is 10.8 Å². The Balaban J connectivity index is 0.991. The number of hydrogen-bond acceptors (Lipinski definition) is 1. The summed E-state index contributed by atoms with van der Waals surface area (Å²) >= 11 is 0. The maximum atomic E-state index is 2.63. The van der Waals surface area contributed by atoms with E-state index < -0.39 is 0 Å². The monoisotopic (exact) mass is 850 g/mol. The Morgan fingerprint density at radius 2 is 1.14 bits per heavy atom. The van der Waals surface area contributed by atoms with Crippen molar-refractivity contribution in [3.63, 3.8) is 0 Å². The average Bonchev–Trinajstić information content (AvgIpc) is 3.66. The van der Waals surface area contributed by atoms with Crippen LogP contribution >= 0.6 is 0 Å². The van der Waals surface area contributed by atoms with Crippen molar-refractivity contribution in [3.8, 4) is 22.3 Å². The number of rotatable bonds is 13. The van der Waals surface area contributed by atoms with Crippen LogP contribution in [0.1, 0.15) is 137 Å². The molecule has 4 aliphatic carbocycles. The van der Waals surface area contributed by atoms with Crippen LogP contribution in [0.15, 0.2) is 187 Å². The number of benzene rings is 6. The van der Waals surface area contributed by atoms with E-state index in [9.17, 15) is 0 Å². The minimum absolute atomic E-state index is 0.0253. The summed E-state index contributed by atoms with van der Waals surface area (Å²) in [6.07, 6.45) is 22.4. The molecule has 4 atom stereocenters. The second-order valence-corrected chi connectivity index (χ2v) is 20.1. The molecule has 0 N–H and O–H groups in total. The molecule has 0 saturated carbocycles. The number of anilines is 2. The molecule has 0 aromatic heterocycles. The number of nitrogens with zero attached hydrogens (tertiary/aromatic N) is 1. The van der Waals surface area contributed by atoms with E-state index in [2.05, 4.69) is 229 Å². The number of hydrogen-bond donors (Lipinski definition) is 0. The minimum Gasteiger partial charge on any atom is -0.336 e. The second-order valence-electron chi connectivity index (χ2n) is 20.1. The normalized spacial score (nSPS) is 20.9. The Kier molecular flexibility index (Phi) is 11.3. The van der Waals surface area contributed by atoms with E-state index in [0.29, 0.717) is 11.8 Å². The van der Waals surface area contributed by atoms with Crippen molar-refractivity contribution < 1.29 is 0 Å². The molecule has 0 spiro atoms. The number of fused-ring (bicyclic) bond motifs is 3. The summed E-state index contributed by atoms with van der Waals surface area (Å²) in [5, 5.41) is 0. The van der Waals surface area contributed by atoms with Crippen LogP contribution in [0.5, 0.6) is 0 Å². The van der Waals surface area contributed by atoms with Crippen LogP contribution in [-0.4, -0.2) is 5.54 Å². The summed E-state index contributed by atoms with van der Waals surface area (Å²) in [5.41, 5.74) is 20.5. The summed E-state index contributed by atoms with van der Waals surface area (Å²) in [4.78, 5) is 2.63. The highest BCUT2D eigenvalue weighted by atomic mass is 15.2. The van der Waals surface area contributed by atoms with E-state index >= 15 is 0 Å². The second kappa shape index (κ2) is 17.1. The molecule has 10 rings (SSSR count). The lowest BCUT2D eigenvalue weighted by Gasteiger charge is -2.43. The van der Waals surface area contributed by atoms with Crippen molar-refractivity contribution in [3.05, 3.63) is 226 Å². The van der Waals surface area contributed by atoms with Gasteiger partial charge in [-0.1, -0.05) is 192 Å². The number of allylic oxidation sites excluding steroid dienone is 8. The first-order chi connectivity index (χ1) is 31.6. The fraction of sp³-hybridized carbons (Fsp3) is 0.312. The molecule has 0 radical (unpaired) electrons. The van der Waals surface area contributed by atoms with Crippen LogP contribution in [0.25, 0.3) is 22.3 Å². The molecule has 65 heavy (non-hydrogen) atoms. The van der Waals surface area contributed by atoms with Crippen molar-refractivity contribution in [1.82, 2.24) is 0 Å². The summed E-state index contributed by atoms with van der Waals surface area (Å²) in [5.74, 6) is 1.04. The third kappa shape index (κ3) is 7.22. The standard InChI is InChI=1S/C64H67N/c1-8-62(6,9-2)52-33-25-45(26-34-52)46-27-35-53(36-28-46)64(60-18-14-12-16-57(60)58-17-13-15-19-61(58)64)54-37-29-47(30-38-54)48-31-40-55(41-32-48)65(63(7,10-3)11-4)56-39-20-44(5)59(43-56)51-24-22-49-21-23-50(49)42-51/h12-20,22,24-41,43,51,57,60H,8-11,21,23,42H2,1-7H3. The molecule has 6 aromatic carbocycles. The molecule has 0 aliphatic heterocycles. The zero-order valence-electron chi connectivity index (χ0n) is 39.9. The van der Waals surface area contributed by atoms with E-state index in [-0.39, 0.29) is 22.3 Å². The van der Waals surface area contributed by atoms with E-state index in [1.807, 2.05) is 0 Å². The van der Waals surface area contributed by atoms with Gasteiger partial charge in [0.1, 0.15) is 0 Å². The van der Waals surface area contributed by atoms with Gasteiger partial charge in [0, 0.05) is 34.7 Å². The maximum Gasteiger partial charge on any atom is 0.0525 e. The summed E-state index contributed by atoms with van der Waals surface area (Å²) in [7, 11) is 0. The van der Waals surface area contributed by atoms with Crippen LogP contribution in [0.3, 0.4) is 0 Å². The van der Waals surface area contributed by atoms with Gasteiger partial charge in [-0.05, 0) is 155 Å². The van der Waals surface area contributed by atoms with E-state index in [1.165, 1.54) is 91.8 Å². The molecule has 328 valence electrons. The summed E-state index contributed by atoms with van der Waals surface area (Å²) < 4.78 is 0. The van der Waals surface area contributed by atoms with E-state index in [0.717, 1.165) is 25.7 Å². The van der Waals surface area contributed by atoms with Gasteiger partial charge in [0.2, 0.25) is 0 Å². The topological polar surface area (TPSA) is 3.24 Å².